The largest absolute Gasteiger partial charge is 0.497 e. The Morgan fingerprint density at radius 2 is 1.82 bits per heavy atom. The summed E-state index contributed by atoms with van der Waals surface area (Å²) in [5.41, 5.74) is 3.21. The molecule has 4 rings (SSSR count). The number of hydrogen-bond acceptors (Lipinski definition) is 5. The summed E-state index contributed by atoms with van der Waals surface area (Å²) in [6.45, 7) is 4.35. The Morgan fingerprint density at radius 3 is 2.50 bits per heavy atom. The van der Waals surface area contributed by atoms with Crippen LogP contribution in [0.1, 0.15) is 42.8 Å². The number of thioether (sulfide) groups is 1. The number of rotatable bonds is 9. The van der Waals surface area contributed by atoms with Crippen molar-refractivity contribution >= 4 is 17.7 Å². The fourth-order valence-corrected chi connectivity index (χ4v) is 4.50. The van der Waals surface area contributed by atoms with Crippen LogP contribution in [0.25, 0.3) is 5.69 Å². The number of imidazole rings is 2. The number of hydrogen-bond donors (Lipinski definition) is 1. The number of amides is 1. The minimum Gasteiger partial charge on any atom is -0.497 e. The SMILES string of the molecule is COc1cccc(C(NC(=O)CSc2nccn2-c2ccc(C(C)C)cc2)c2nccn2C)c1. The van der Waals surface area contributed by atoms with Crippen LogP contribution in [-0.4, -0.2) is 37.9 Å². The fraction of sp³-hybridized carbons (Fsp3) is 0.269. The Bertz CT molecular complexity index is 1250. The van der Waals surface area contributed by atoms with E-state index in [-0.39, 0.29) is 11.7 Å². The first-order valence-corrected chi connectivity index (χ1v) is 12.1. The van der Waals surface area contributed by atoms with Gasteiger partial charge in [0.25, 0.3) is 0 Å². The van der Waals surface area contributed by atoms with Crippen molar-refractivity contribution in [3.8, 4) is 11.4 Å². The molecule has 1 amide bonds. The molecule has 7 nitrogen and oxygen atoms in total. The van der Waals surface area contributed by atoms with Crippen LogP contribution in [0.5, 0.6) is 5.75 Å². The second kappa shape index (κ2) is 10.6. The molecule has 8 heteroatoms. The van der Waals surface area contributed by atoms with E-state index in [4.69, 9.17) is 4.74 Å². The highest BCUT2D eigenvalue weighted by molar-refractivity contribution is 7.99. The third-order valence-electron chi connectivity index (χ3n) is 5.63. The lowest BCUT2D eigenvalue weighted by Gasteiger charge is -2.19. The number of carbonyl (C=O) groups is 1. The van der Waals surface area contributed by atoms with E-state index in [1.807, 2.05) is 52.8 Å². The van der Waals surface area contributed by atoms with E-state index in [0.717, 1.165) is 28.0 Å². The van der Waals surface area contributed by atoms with Gasteiger partial charge >= 0.3 is 0 Å². The van der Waals surface area contributed by atoms with Crippen molar-refractivity contribution in [2.24, 2.45) is 7.05 Å². The first kappa shape index (κ1) is 23.6. The van der Waals surface area contributed by atoms with Crippen molar-refractivity contribution in [1.29, 1.82) is 0 Å². The van der Waals surface area contributed by atoms with Crippen LogP contribution in [0.2, 0.25) is 0 Å². The lowest BCUT2D eigenvalue weighted by atomic mass is 10.0. The van der Waals surface area contributed by atoms with Gasteiger partial charge in [-0.3, -0.25) is 9.36 Å². The average molecular weight is 476 g/mol. The molecule has 2 aromatic heterocycles. The molecule has 34 heavy (non-hydrogen) atoms. The van der Waals surface area contributed by atoms with Crippen LogP contribution < -0.4 is 10.1 Å². The molecular weight excluding hydrogens is 446 g/mol. The zero-order valence-corrected chi connectivity index (χ0v) is 20.6. The molecule has 2 aromatic carbocycles. The summed E-state index contributed by atoms with van der Waals surface area (Å²) >= 11 is 1.40. The predicted molar refractivity (Wildman–Crippen MR) is 135 cm³/mol. The Hall–Kier alpha value is -3.52. The first-order chi connectivity index (χ1) is 16.5. The molecule has 0 aliphatic rings. The average Bonchev–Trinajstić information content (AvgIpc) is 3.50. The third kappa shape index (κ3) is 5.34. The van der Waals surface area contributed by atoms with E-state index in [0.29, 0.717) is 5.92 Å². The highest BCUT2D eigenvalue weighted by Gasteiger charge is 2.22. The normalized spacial score (nSPS) is 12.0. The Kier molecular flexibility index (Phi) is 7.37. The summed E-state index contributed by atoms with van der Waals surface area (Å²) in [5, 5.41) is 3.90. The van der Waals surface area contributed by atoms with E-state index in [9.17, 15) is 4.79 Å². The quantitative estimate of drug-likeness (QED) is 0.354. The van der Waals surface area contributed by atoms with Gasteiger partial charge in [0.2, 0.25) is 5.91 Å². The fourth-order valence-electron chi connectivity index (χ4n) is 3.72. The van der Waals surface area contributed by atoms with Crippen molar-refractivity contribution in [1.82, 2.24) is 24.4 Å². The number of ether oxygens (including phenoxy) is 1. The smallest absolute Gasteiger partial charge is 0.231 e. The molecule has 0 fully saturated rings. The van der Waals surface area contributed by atoms with Crippen molar-refractivity contribution in [2.45, 2.75) is 31.0 Å². The molecule has 0 aliphatic carbocycles. The lowest BCUT2D eigenvalue weighted by Crippen LogP contribution is -2.32. The molecule has 176 valence electrons. The monoisotopic (exact) mass is 475 g/mol. The Labute approximate surface area is 204 Å². The van der Waals surface area contributed by atoms with E-state index in [2.05, 4.69) is 53.4 Å². The number of nitrogens with zero attached hydrogens (tertiary/aromatic N) is 4. The molecule has 0 radical (unpaired) electrons. The van der Waals surface area contributed by atoms with Crippen molar-refractivity contribution in [3.05, 3.63) is 90.3 Å². The summed E-state index contributed by atoms with van der Waals surface area (Å²) < 4.78 is 9.28. The van der Waals surface area contributed by atoms with Gasteiger partial charge in [0.15, 0.2) is 5.16 Å². The molecule has 0 spiro atoms. The molecule has 0 bridgehead atoms. The van der Waals surface area contributed by atoms with Gasteiger partial charge < -0.3 is 14.6 Å². The second-order valence-corrected chi connectivity index (χ2v) is 9.23. The standard InChI is InChI=1S/C26H29N5O2S/c1-18(2)19-8-10-21(11-9-19)31-15-13-28-26(31)34-17-23(32)29-24(25-27-12-14-30(25)3)20-6-5-7-22(16-20)33-4/h5-16,18,24H,17H2,1-4H3,(H,29,32). The second-order valence-electron chi connectivity index (χ2n) is 8.29. The Balaban J connectivity index is 1.48. The summed E-state index contributed by atoms with van der Waals surface area (Å²) in [6.07, 6.45) is 7.26. The van der Waals surface area contributed by atoms with Gasteiger partial charge in [-0.05, 0) is 41.3 Å². The van der Waals surface area contributed by atoms with Crippen LogP contribution in [-0.2, 0) is 11.8 Å². The predicted octanol–water partition coefficient (Wildman–Crippen LogP) is 4.74. The van der Waals surface area contributed by atoms with E-state index in [1.54, 1.807) is 19.5 Å². The molecule has 0 saturated carbocycles. The molecule has 4 aromatic rings. The van der Waals surface area contributed by atoms with E-state index < -0.39 is 6.04 Å². The highest BCUT2D eigenvalue weighted by Crippen LogP contribution is 2.26. The maximum Gasteiger partial charge on any atom is 0.231 e. The third-order valence-corrected chi connectivity index (χ3v) is 6.59. The minimum absolute atomic E-state index is 0.106. The highest BCUT2D eigenvalue weighted by atomic mass is 32.2. The molecule has 0 saturated heterocycles. The molecule has 2 heterocycles. The van der Waals surface area contributed by atoms with Gasteiger partial charge in [-0.1, -0.05) is 49.9 Å². The molecule has 1 N–H and O–H groups in total. The maximum absolute atomic E-state index is 13.0. The summed E-state index contributed by atoms with van der Waals surface area (Å²) in [6, 6.07) is 15.7. The Morgan fingerprint density at radius 1 is 1.06 bits per heavy atom. The number of nitrogens with one attached hydrogen (secondary N) is 1. The maximum atomic E-state index is 13.0. The number of aromatic nitrogens is 4. The van der Waals surface area contributed by atoms with Crippen molar-refractivity contribution in [2.75, 3.05) is 12.9 Å². The van der Waals surface area contributed by atoms with Gasteiger partial charge in [0.1, 0.15) is 17.6 Å². The van der Waals surface area contributed by atoms with Gasteiger partial charge in [0.05, 0.1) is 12.9 Å². The number of aryl methyl sites for hydroxylation is 1. The molecule has 1 unspecified atom stereocenters. The molecule has 0 aliphatic heterocycles. The summed E-state index contributed by atoms with van der Waals surface area (Å²) in [4.78, 5) is 21.9. The number of methoxy groups -OCH3 is 1. The zero-order chi connectivity index (χ0) is 24.1. The number of carbonyl (C=O) groups excluding carboxylic acids is 1. The van der Waals surface area contributed by atoms with E-state index >= 15 is 0 Å². The van der Waals surface area contributed by atoms with Gasteiger partial charge in [-0.2, -0.15) is 0 Å². The molecular formula is C26H29N5O2S. The van der Waals surface area contributed by atoms with Crippen molar-refractivity contribution < 1.29 is 9.53 Å². The van der Waals surface area contributed by atoms with Gasteiger partial charge in [0, 0.05) is 37.5 Å². The number of benzene rings is 2. The van der Waals surface area contributed by atoms with Crippen LogP contribution in [0.3, 0.4) is 0 Å². The van der Waals surface area contributed by atoms with E-state index in [1.165, 1.54) is 17.3 Å². The van der Waals surface area contributed by atoms with Gasteiger partial charge in [-0.15, -0.1) is 0 Å². The topological polar surface area (TPSA) is 74.0 Å². The van der Waals surface area contributed by atoms with Crippen molar-refractivity contribution in [3.63, 3.8) is 0 Å². The lowest BCUT2D eigenvalue weighted by molar-refractivity contribution is -0.119. The van der Waals surface area contributed by atoms with Crippen LogP contribution >= 0.6 is 11.8 Å². The summed E-state index contributed by atoms with van der Waals surface area (Å²) in [5.74, 6) is 2.08. The van der Waals surface area contributed by atoms with Crippen LogP contribution in [0.4, 0.5) is 0 Å². The molecule has 1 atom stereocenters. The van der Waals surface area contributed by atoms with Gasteiger partial charge in [-0.25, -0.2) is 9.97 Å². The summed E-state index contributed by atoms with van der Waals surface area (Å²) in [7, 11) is 3.54. The zero-order valence-electron chi connectivity index (χ0n) is 19.8. The van der Waals surface area contributed by atoms with Crippen LogP contribution in [0.15, 0.2) is 78.5 Å². The minimum atomic E-state index is -0.397. The van der Waals surface area contributed by atoms with Crippen LogP contribution in [0, 0.1) is 0 Å². The first-order valence-electron chi connectivity index (χ1n) is 11.1.